The maximum absolute atomic E-state index is 13.0. The number of unbranched alkanes of at least 4 members (excludes halogenated alkanes) is 15. The van der Waals surface area contributed by atoms with Crippen LogP contribution in [0.25, 0.3) is 12.2 Å². The summed E-state index contributed by atoms with van der Waals surface area (Å²) in [6.45, 7) is 4.56. The van der Waals surface area contributed by atoms with Gasteiger partial charge in [-0.3, -0.25) is 4.79 Å². The number of hydrogen-bond acceptors (Lipinski definition) is 2. The number of rotatable bonds is 24. The smallest absolute Gasteiger partial charge is 0.185 e. The molecule has 2 nitrogen and oxygen atoms in total. The van der Waals surface area contributed by atoms with Crippen LogP contribution < -0.4 is 4.74 Å². The lowest BCUT2D eigenvalue weighted by Crippen LogP contribution is -1.97. The van der Waals surface area contributed by atoms with Gasteiger partial charge in [-0.1, -0.05) is 145 Å². The van der Waals surface area contributed by atoms with Crippen molar-refractivity contribution in [2.24, 2.45) is 0 Å². The molecule has 0 fully saturated rings. The predicted octanol–water partition coefficient (Wildman–Crippen LogP) is 12.2. The van der Waals surface area contributed by atoms with E-state index in [4.69, 9.17) is 4.74 Å². The molecule has 0 radical (unpaired) electrons. The molecule has 0 saturated heterocycles. The van der Waals surface area contributed by atoms with E-state index in [-0.39, 0.29) is 11.6 Å². The highest BCUT2D eigenvalue weighted by atomic mass is 19.1. The van der Waals surface area contributed by atoms with Crippen molar-refractivity contribution in [3.05, 3.63) is 114 Å². The third-order valence-electron chi connectivity index (χ3n) is 8.28. The number of ketones is 1. The average Bonchev–Trinajstić information content (AvgIpc) is 3.05. The summed E-state index contributed by atoms with van der Waals surface area (Å²) < 4.78 is 18.9. The molecular weight excluding hydrogens is 543 g/mol. The van der Waals surface area contributed by atoms with E-state index in [1.54, 1.807) is 6.08 Å². The molecule has 44 heavy (non-hydrogen) atoms. The Labute approximate surface area is 266 Å². The molecule has 3 heteroatoms. The van der Waals surface area contributed by atoms with Crippen LogP contribution in [0.4, 0.5) is 4.39 Å². The first-order valence-electron chi connectivity index (χ1n) is 17.1. The minimum atomic E-state index is -0.344. The van der Waals surface area contributed by atoms with Crippen molar-refractivity contribution < 1.29 is 13.9 Å². The monoisotopic (exact) mass is 596 g/mol. The molecular formula is C41H53FO2. The Kier molecular flexibility index (Phi) is 17.6. The highest BCUT2D eigenvalue weighted by molar-refractivity contribution is 6.06. The summed E-state index contributed by atoms with van der Waals surface area (Å²) in [5, 5.41) is 0. The molecule has 0 atom stereocenters. The van der Waals surface area contributed by atoms with Crippen LogP contribution >= 0.6 is 0 Å². The van der Waals surface area contributed by atoms with Gasteiger partial charge in [-0.15, -0.1) is 0 Å². The topological polar surface area (TPSA) is 26.3 Å². The van der Waals surface area contributed by atoms with Crippen molar-refractivity contribution in [2.75, 3.05) is 6.61 Å². The summed E-state index contributed by atoms with van der Waals surface area (Å²) in [7, 11) is 0. The number of carbonyl (C=O) groups excluding carboxylic acids is 1. The van der Waals surface area contributed by atoms with E-state index in [2.05, 4.69) is 30.8 Å². The second-order valence-corrected chi connectivity index (χ2v) is 12.0. The lowest BCUT2D eigenvalue weighted by atomic mass is 10.0. The number of allylic oxidation sites excluding steroid dienone is 1. The molecule has 236 valence electrons. The van der Waals surface area contributed by atoms with Crippen LogP contribution in [-0.4, -0.2) is 12.4 Å². The summed E-state index contributed by atoms with van der Waals surface area (Å²) in [6, 6.07) is 22.2. The Bertz CT molecular complexity index is 1210. The molecule has 0 aromatic heterocycles. The van der Waals surface area contributed by atoms with Gasteiger partial charge in [-0.25, -0.2) is 4.39 Å². The van der Waals surface area contributed by atoms with Crippen molar-refractivity contribution in [3.8, 4) is 5.75 Å². The number of benzene rings is 3. The molecule has 3 aromatic rings. The molecule has 0 saturated carbocycles. The van der Waals surface area contributed by atoms with E-state index in [9.17, 15) is 9.18 Å². The minimum Gasteiger partial charge on any atom is -0.494 e. The fourth-order valence-electron chi connectivity index (χ4n) is 5.47. The van der Waals surface area contributed by atoms with Gasteiger partial charge in [0.15, 0.2) is 5.78 Å². The number of ether oxygens (including phenoxy) is 1. The maximum atomic E-state index is 13.0. The Morgan fingerprint density at radius 3 is 1.59 bits per heavy atom. The normalized spacial score (nSPS) is 11.2. The van der Waals surface area contributed by atoms with Crippen molar-refractivity contribution in [1.82, 2.24) is 0 Å². The molecule has 0 aliphatic carbocycles. The molecule has 0 N–H and O–H groups in total. The quantitative estimate of drug-likeness (QED) is 0.0584. The Morgan fingerprint density at radius 2 is 1.07 bits per heavy atom. The first-order chi connectivity index (χ1) is 21.6. The number of hydrogen-bond donors (Lipinski definition) is 0. The first kappa shape index (κ1) is 35.0. The van der Waals surface area contributed by atoms with Gasteiger partial charge in [0.05, 0.1) is 6.61 Å². The van der Waals surface area contributed by atoms with E-state index in [0.29, 0.717) is 5.56 Å². The van der Waals surface area contributed by atoms with Crippen LogP contribution in [-0.2, 0) is 6.42 Å². The van der Waals surface area contributed by atoms with E-state index in [0.717, 1.165) is 24.3 Å². The summed E-state index contributed by atoms with van der Waals surface area (Å²) in [5.41, 5.74) is 4.06. The summed E-state index contributed by atoms with van der Waals surface area (Å²) in [5.74, 6) is 0.369. The lowest BCUT2D eigenvalue weighted by molar-refractivity contribution is 0.104. The third kappa shape index (κ3) is 15.3. The van der Waals surface area contributed by atoms with Gasteiger partial charge in [-0.2, -0.15) is 0 Å². The molecule has 0 unspecified atom stereocenters. The Hall–Kier alpha value is -3.46. The van der Waals surface area contributed by atoms with Gasteiger partial charge in [0, 0.05) is 5.56 Å². The third-order valence-corrected chi connectivity index (χ3v) is 8.28. The van der Waals surface area contributed by atoms with E-state index < -0.39 is 0 Å². The highest BCUT2D eigenvalue weighted by Gasteiger charge is 2.02. The fourth-order valence-corrected chi connectivity index (χ4v) is 5.47. The van der Waals surface area contributed by atoms with Crippen molar-refractivity contribution in [3.63, 3.8) is 0 Å². The average molecular weight is 597 g/mol. The summed E-state index contributed by atoms with van der Waals surface area (Å²) in [6.07, 6.45) is 27.9. The second kappa shape index (κ2) is 22.1. The largest absolute Gasteiger partial charge is 0.494 e. The van der Waals surface area contributed by atoms with Gasteiger partial charge in [0.25, 0.3) is 0 Å². The molecule has 0 heterocycles. The van der Waals surface area contributed by atoms with E-state index in [1.807, 2.05) is 30.3 Å². The van der Waals surface area contributed by atoms with Crippen molar-refractivity contribution >= 4 is 17.9 Å². The SMILES string of the molecule is C=Cc1ccc(CCCCCCCCCCCCCCCCCCOc2ccc(/C=C/C(=O)c3ccc(F)cc3)cc2)cc1. The zero-order valence-electron chi connectivity index (χ0n) is 26.8. The zero-order valence-corrected chi connectivity index (χ0v) is 26.8. The molecule has 0 bridgehead atoms. The standard InChI is InChI=1S/C41H53FO2/c1-2-35-20-22-36(23-21-35)19-17-15-13-11-9-7-5-3-4-6-8-10-12-14-16-18-34-44-40-31-24-37(25-32-40)26-33-41(43)38-27-29-39(42)30-28-38/h2,20-33H,1,3-19,34H2/b33-26+. The Balaban J connectivity index is 1.05. The molecule has 0 aliphatic heterocycles. The number of halogens is 1. The summed E-state index contributed by atoms with van der Waals surface area (Å²) in [4.78, 5) is 12.2. The maximum Gasteiger partial charge on any atom is 0.185 e. The minimum absolute atomic E-state index is 0.143. The zero-order chi connectivity index (χ0) is 31.1. The number of aryl methyl sites for hydroxylation is 1. The van der Waals surface area contributed by atoms with Crippen LogP contribution in [0.3, 0.4) is 0 Å². The van der Waals surface area contributed by atoms with E-state index in [1.165, 1.54) is 144 Å². The van der Waals surface area contributed by atoms with Crippen LogP contribution in [0, 0.1) is 5.82 Å². The predicted molar refractivity (Wildman–Crippen MR) is 186 cm³/mol. The van der Waals surface area contributed by atoms with Gasteiger partial charge in [0.2, 0.25) is 0 Å². The van der Waals surface area contributed by atoms with Gasteiger partial charge >= 0.3 is 0 Å². The van der Waals surface area contributed by atoms with Gasteiger partial charge in [0.1, 0.15) is 11.6 Å². The summed E-state index contributed by atoms with van der Waals surface area (Å²) >= 11 is 0. The first-order valence-corrected chi connectivity index (χ1v) is 17.1. The van der Waals surface area contributed by atoms with Crippen molar-refractivity contribution in [1.29, 1.82) is 0 Å². The molecule has 3 rings (SSSR count). The highest BCUT2D eigenvalue weighted by Crippen LogP contribution is 2.17. The Morgan fingerprint density at radius 1 is 0.591 bits per heavy atom. The van der Waals surface area contributed by atoms with Crippen LogP contribution in [0.5, 0.6) is 5.75 Å². The molecule has 0 aliphatic rings. The molecule has 0 spiro atoms. The second-order valence-electron chi connectivity index (χ2n) is 12.0. The molecule has 0 amide bonds. The lowest BCUT2D eigenvalue weighted by Gasteiger charge is -2.07. The van der Waals surface area contributed by atoms with Crippen molar-refractivity contribution in [2.45, 2.75) is 109 Å². The molecule has 3 aromatic carbocycles. The van der Waals surface area contributed by atoms with Crippen LogP contribution in [0.2, 0.25) is 0 Å². The number of carbonyl (C=O) groups is 1. The van der Waals surface area contributed by atoms with Gasteiger partial charge in [-0.05, 0) is 78.4 Å². The van der Waals surface area contributed by atoms with Crippen LogP contribution in [0.1, 0.15) is 130 Å². The van der Waals surface area contributed by atoms with E-state index >= 15 is 0 Å². The van der Waals surface area contributed by atoms with Crippen LogP contribution in [0.15, 0.2) is 85.5 Å². The van der Waals surface area contributed by atoms with Gasteiger partial charge < -0.3 is 4.74 Å². The fraction of sp³-hybridized carbons (Fsp3) is 0.439.